The van der Waals surface area contributed by atoms with Crippen LogP contribution in [0.5, 0.6) is 11.5 Å². The Kier molecular flexibility index (Phi) is 12.6. The summed E-state index contributed by atoms with van der Waals surface area (Å²) in [6, 6.07) is 15.3. The summed E-state index contributed by atoms with van der Waals surface area (Å²) >= 11 is 0. The normalized spacial score (nSPS) is 12.8. The molecule has 0 saturated carbocycles. The van der Waals surface area contributed by atoms with E-state index in [0.717, 1.165) is 68.9 Å². The first-order valence-corrected chi connectivity index (χ1v) is 15.3. The number of hydrogen-bond donors (Lipinski definition) is 2. The van der Waals surface area contributed by atoms with Gasteiger partial charge in [-0.1, -0.05) is 84.1 Å². The molecule has 2 N–H and O–H groups in total. The zero-order valence-corrected chi connectivity index (χ0v) is 24.9. The summed E-state index contributed by atoms with van der Waals surface area (Å²) in [6.45, 7) is 10.1. The lowest BCUT2D eigenvalue weighted by Crippen LogP contribution is -2.26. The van der Waals surface area contributed by atoms with Crippen LogP contribution in [0.15, 0.2) is 53.3 Å². The average Bonchev–Trinajstić information content (AvgIpc) is 2.96. The fourth-order valence-electron chi connectivity index (χ4n) is 5.41. The Labute approximate surface area is 239 Å². The second-order valence-electron chi connectivity index (χ2n) is 11.1. The number of amides is 1. The van der Waals surface area contributed by atoms with Gasteiger partial charge in [0, 0.05) is 24.0 Å². The second kappa shape index (κ2) is 16.1. The number of aromatic nitrogens is 1. The molecule has 2 atom stereocenters. The Morgan fingerprint density at radius 3 is 2.40 bits per heavy atom. The number of unbranched alkanes of at least 4 members (excludes halogenated alkanes) is 3. The summed E-state index contributed by atoms with van der Waals surface area (Å²) in [5.41, 5.74) is 2.27. The van der Waals surface area contributed by atoms with Gasteiger partial charge < -0.3 is 19.7 Å². The first-order valence-electron chi connectivity index (χ1n) is 15.3. The highest BCUT2D eigenvalue weighted by Crippen LogP contribution is 2.35. The molecule has 3 aromatic rings. The first kappa shape index (κ1) is 31.3. The molecule has 0 saturated heterocycles. The highest BCUT2D eigenvalue weighted by atomic mass is 16.5. The van der Waals surface area contributed by atoms with Crippen molar-refractivity contribution in [3.05, 3.63) is 70.0 Å². The molecule has 0 aliphatic heterocycles. The van der Waals surface area contributed by atoms with E-state index in [9.17, 15) is 14.7 Å². The van der Waals surface area contributed by atoms with Gasteiger partial charge in [0.05, 0.1) is 12.1 Å². The Balaban J connectivity index is 1.90. The minimum absolute atomic E-state index is 0.0624. The van der Waals surface area contributed by atoms with Gasteiger partial charge in [0.25, 0.3) is 11.5 Å². The van der Waals surface area contributed by atoms with Crippen LogP contribution in [0.25, 0.3) is 10.9 Å². The van der Waals surface area contributed by atoms with Crippen LogP contribution in [0.3, 0.4) is 0 Å². The van der Waals surface area contributed by atoms with Gasteiger partial charge in [-0.25, -0.2) is 0 Å². The lowest BCUT2D eigenvalue weighted by atomic mass is 9.90. The van der Waals surface area contributed by atoms with Crippen molar-refractivity contribution >= 4 is 16.8 Å². The number of hydrogen-bond acceptors (Lipinski definition) is 4. The van der Waals surface area contributed by atoms with Crippen molar-refractivity contribution in [3.63, 3.8) is 0 Å². The second-order valence-corrected chi connectivity index (χ2v) is 11.1. The van der Waals surface area contributed by atoms with Gasteiger partial charge >= 0.3 is 0 Å². The molecule has 6 heteroatoms. The number of carbonyl (C=O) groups excluding carboxylic acids is 1. The van der Waals surface area contributed by atoms with Crippen molar-refractivity contribution < 1.29 is 14.6 Å². The molecule has 0 spiro atoms. The van der Waals surface area contributed by atoms with Crippen LogP contribution >= 0.6 is 0 Å². The molecule has 1 heterocycles. The molecule has 0 aliphatic rings. The predicted octanol–water partition coefficient (Wildman–Crippen LogP) is 7.81. The van der Waals surface area contributed by atoms with E-state index in [-0.39, 0.29) is 28.9 Å². The largest absolute Gasteiger partial charge is 0.504 e. The van der Waals surface area contributed by atoms with Crippen molar-refractivity contribution in [2.75, 3.05) is 13.2 Å². The van der Waals surface area contributed by atoms with Gasteiger partial charge in [-0.05, 0) is 67.3 Å². The van der Waals surface area contributed by atoms with E-state index < -0.39 is 0 Å². The molecule has 0 aliphatic carbocycles. The topological polar surface area (TPSA) is 80.6 Å². The van der Waals surface area contributed by atoms with Crippen molar-refractivity contribution in [1.29, 1.82) is 0 Å². The van der Waals surface area contributed by atoms with Crippen molar-refractivity contribution in [3.8, 4) is 11.5 Å². The summed E-state index contributed by atoms with van der Waals surface area (Å²) in [7, 11) is 0. The Bertz CT molecular complexity index is 1270. The molecule has 40 heavy (non-hydrogen) atoms. The molecule has 0 fully saturated rings. The number of fused-ring (bicyclic) bond motifs is 1. The van der Waals surface area contributed by atoms with Gasteiger partial charge in [-0.15, -0.1) is 0 Å². The van der Waals surface area contributed by atoms with E-state index in [1.807, 2.05) is 36.4 Å². The van der Waals surface area contributed by atoms with Crippen LogP contribution in [-0.4, -0.2) is 28.7 Å². The monoisotopic (exact) mass is 548 g/mol. The van der Waals surface area contributed by atoms with Crippen LogP contribution in [0, 0.1) is 5.92 Å². The molecule has 218 valence electrons. The molecule has 1 aromatic heterocycles. The van der Waals surface area contributed by atoms with Gasteiger partial charge in [-0.2, -0.15) is 0 Å². The average molecular weight is 549 g/mol. The lowest BCUT2D eigenvalue weighted by molar-refractivity contribution is 0.0952. The fourth-order valence-corrected chi connectivity index (χ4v) is 5.41. The molecular formula is C34H48N2O4. The zero-order valence-electron chi connectivity index (χ0n) is 24.9. The molecule has 0 radical (unpaired) electrons. The third-order valence-corrected chi connectivity index (χ3v) is 7.67. The number of pyridine rings is 1. The number of rotatable bonds is 17. The fraction of sp³-hybridized carbons (Fsp3) is 0.529. The quantitative estimate of drug-likeness (QED) is 0.169. The van der Waals surface area contributed by atoms with Gasteiger partial charge in [0.1, 0.15) is 0 Å². The van der Waals surface area contributed by atoms with Crippen LogP contribution in [0.4, 0.5) is 0 Å². The smallest absolute Gasteiger partial charge is 0.297 e. The maximum atomic E-state index is 13.7. The first-order chi connectivity index (χ1) is 19.4. The number of carbonyl (C=O) groups is 1. The van der Waals surface area contributed by atoms with E-state index >= 15 is 0 Å². The summed E-state index contributed by atoms with van der Waals surface area (Å²) < 4.78 is 7.76. The van der Waals surface area contributed by atoms with E-state index in [0.29, 0.717) is 36.6 Å². The third kappa shape index (κ3) is 8.36. The number of ether oxygens (including phenoxy) is 1. The van der Waals surface area contributed by atoms with Crippen molar-refractivity contribution in [2.24, 2.45) is 5.92 Å². The standard InChI is InChI=1S/C34H48N2O4/c1-5-8-9-13-22-36-30-23-28(26(15-7-3)20-21-35-33(38)27-16-11-10-12-17-27)18-19-29(30)31(37)32(34(36)39)40-24-25(4)14-6-2/h10-12,16-19,23,25-26,37H,5-9,13-15,20-22,24H2,1-4H3,(H,35,38). The highest BCUT2D eigenvalue weighted by Gasteiger charge is 2.21. The summed E-state index contributed by atoms with van der Waals surface area (Å²) in [6.07, 6.45) is 9.02. The SMILES string of the molecule is CCCCCCn1c(=O)c(OCC(C)CCC)c(O)c2ccc(C(CCC)CCNC(=O)c3ccccc3)cc21. The van der Waals surface area contributed by atoms with E-state index in [1.165, 1.54) is 0 Å². The zero-order chi connectivity index (χ0) is 28.9. The van der Waals surface area contributed by atoms with Crippen LogP contribution in [0.1, 0.15) is 107 Å². The molecule has 2 aromatic carbocycles. The summed E-state index contributed by atoms with van der Waals surface area (Å²) in [5, 5.41) is 14.9. The molecule has 6 nitrogen and oxygen atoms in total. The number of nitrogens with one attached hydrogen (secondary N) is 1. The molecule has 1 amide bonds. The summed E-state index contributed by atoms with van der Waals surface area (Å²) in [4.78, 5) is 26.2. The third-order valence-electron chi connectivity index (χ3n) is 7.67. The van der Waals surface area contributed by atoms with Gasteiger partial charge in [-0.3, -0.25) is 9.59 Å². The van der Waals surface area contributed by atoms with E-state index in [1.54, 1.807) is 4.57 Å². The van der Waals surface area contributed by atoms with Crippen molar-refractivity contribution in [2.45, 2.75) is 97.9 Å². The van der Waals surface area contributed by atoms with Crippen LogP contribution in [-0.2, 0) is 6.54 Å². The van der Waals surface area contributed by atoms with Gasteiger partial charge in [0.15, 0.2) is 5.75 Å². The number of aromatic hydroxyl groups is 1. The molecule has 2 unspecified atom stereocenters. The maximum Gasteiger partial charge on any atom is 0.297 e. The van der Waals surface area contributed by atoms with E-state index in [4.69, 9.17) is 4.74 Å². The predicted molar refractivity (Wildman–Crippen MR) is 165 cm³/mol. The minimum Gasteiger partial charge on any atom is -0.504 e. The summed E-state index contributed by atoms with van der Waals surface area (Å²) in [5.74, 6) is 0.453. The van der Waals surface area contributed by atoms with Crippen LogP contribution in [0.2, 0.25) is 0 Å². The Morgan fingerprint density at radius 1 is 0.950 bits per heavy atom. The van der Waals surface area contributed by atoms with E-state index in [2.05, 4.69) is 45.1 Å². The number of aryl methyl sites for hydroxylation is 1. The molecule has 3 rings (SSSR count). The number of benzene rings is 2. The highest BCUT2D eigenvalue weighted by molar-refractivity contribution is 5.94. The van der Waals surface area contributed by atoms with Crippen molar-refractivity contribution in [1.82, 2.24) is 9.88 Å². The Morgan fingerprint density at radius 2 is 1.70 bits per heavy atom. The Hall–Kier alpha value is -3.28. The molecule has 0 bridgehead atoms. The lowest BCUT2D eigenvalue weighted by Gasteiger charge is -2.21. The van der Waals surface area contributed by atoms with Crippen LogP contribution < -0.4 is 15.6 Å². The van der Waals surface area contributed by atoms with Gasteiger partial charge in [0.2, 0.25) is 5.75 Å². The maximum absolute atomic E-state index is 13.7. The number of nitrogens with zero attached hydrogens (tertiary/aromatic N) is 1. The minimum atomic E-state index is -0.260. The molecular weight excluding hydrogens is 500 g/mol.